The molecule has 0 bridgehead atoms. The monoisotopic (exact) mass is 471 g/mol. The van der Waals surface area contributed by atoms with Crippen LogP contribution in [0.1, 0.15) is 18.5 Å². The number of nitrogens with one attached hydrogen (secondary N) is 4. The second-order valence-corrected chi connectivity index (χ2v) is 6.86. The molecule has 11 N–H and O–H groups in total. The number of imidazole rings is 1. The Hall–Kier alpha value is -4.05. The number of amides is 4. The van der Waals surface area contributed by atoms with Crippen LogP contribution >= 0.6 is 0 Å². The third-order valence-corrected chi connectivity index (χ3v) is 4.18. The Morgan fingerprint density at radius 2 is 1.52 bits per heavy atom. The molecule has 4 unspecified atom stereocenters. The number of aliphatic hydroxyl groups excluding tert-OH is 1. The van der Waals surface area contributed by atoms with Crippen molar-refractivity contribution in [2.45, 2.75) is 43.4 Å². The van der Waals surface area contributed by atoms with Gasteiger partial charge in [-0.3, -0.25) is 24.0 Å². The second-order valence-electron chi connectivity index (χ2n) is 6.86. The molecule has 0 aromatic carbocycles. The Kier molecular flexibility index (Phi) is 10.4. The molecule has 1 heterocycles. The van der Waals surface area contributed by atoms with Gasteiger partial charge in [0, 0.05) is 18.3 Å². The average Bonchev–Trinajstić information content (AvgIpc) is 3.22. The number of rotatable bonds is 14. The van der Waals surface area contributed by atoms with Crippen LogP contribution in [-0.2, 0) is 35.2 Å². The largest absolute Gasteiger partial charge is 0.481 e. The summed E-state index contributed by atoms with van der Waals surface area (Å²) in [4.78, 5) is 77.0. The van der Waals surface area contributed by atoms with Gasteiger partial charge in [0.15, 0.2) is 0 Å². The molecule has 0 radical (unpaired) electrons. The highest BCUT2D eigenvalue weighted by Gasteiger charge is 2.31. The summed E-state index contributed by atoms with van der Waals surface area (Å²) in [6, 6.07) is -6.26. The van der Waals surface area contributed by atoms with Gasteiger partial charge in [-0.25, -0.2) is 9.78 Å². The van der Waals surface area contributed by atoms with Crippen LogP contribution in [-0.4, -0.2) is 91.6 Å². The first kappa shape index (κ1) is 27.0. The highest BCUT2D eigenvalue weighted by Crippen LogP contribution is 2.03. The molecule has 0 aliphatic rings. The topological polar surface area (TPSA) is 280 Å². The number of nitrogens with two attached hydrogens (primary N) is 2. The molecule has 16 heteroatoms. The van der Waals surface area contributed by atoms with Crippen molar-refractivity contribution < 1.29 is 44.1 Å². The summed E-state index contributed by atoms with van der Waals surface area (Å²) in [5.41, 5.74) is 10.8. The zero-order valence-corrected chi connectivity index (χ0v) is 17.2. The number of carbonyl (C=O) groups is 6. The van der Waals surface area contributed by atoms with Crippen molar-refractivity contribution in [3.05, 3.63) is 18.2 Å². The molecule has 0 saturated heterocycles. The van der Waals surface area contributed by atoms with Crippen LogP contribution < -0.4 is 27.4 Å². The van der Waals surface area contributed by atoms with Crippen LogP contribution in [0.2, 0.25) is 0 Å². The molecular weight excluding hydrogens is 446 g/mol. The van der Waals surface area contributed by atoms with Crippen molar-refractivity contribution in [2.24, 2.45) is 11.5 Å². The summed E-state index contributed by atoms with van der Waals surface area (Å²) in [7, 11) is 0. The normalized spacial score (nSPS) is 14.2. The minimum absolute atomic E-state index is 0.218. The molecule has 0 aliphatic carbocycles. The van der Waals surface area contributed by atoms with E-state index < -0.39 is 79.2 Å². The SMILES string of the molecule is NC(=O)CC(N)C(=O)NC(CC(=O)O)C(=O)NC(Cc1cnc[nH]1)C(=O)NC(CO)C(=O)O. The van der Waals surface area contributed by atoms with Gasteiger partial charge < -0.3 is 47.7 Å². The number of H-pyrrole nitrogens is 1. The number of carboxylic acid groups (broad SMARTS) is 2. The lowest BCUT2D eigenvalue weighted by Gasteiger charge is -2.24. The fourth-order valence-electron chi connectivity index (χ4n) is 2.53. The summed E-state index contributed by atoms with van der Waals surface area (Å²) in [6.45, 7) is -0.929. The third kappa shape index (κ3) is 9.32. The number of hydrogen-bond donors (Lipinski definition) is 9. The van der Waals surface area contributed by atoms with E-state index in [2.05, 4.69) is 20.6 Å². The first-order valence-electron chi connectivity index (χ1n) is 9.42. The molecule has 1 aromatic heterocycles. The first-order chi connectivity index (χ1) is 15.4. The third-order valence-electron chi connectivity index (χ3n) is 4.18. The van der Waals surface area contributed by atoms with Gasteiger partial charge in [0.1, 0.15) is 18.1 Å². The predicted molar refractivity (Wildman–Crippen MR) is 107 cm³/mol. The fourth-order valence-corrected chi connectivity index (χ4v) is 2.53. The molecule has 16 nitrogen and oxygen atoms in total. The number of aliphatic hydroxyl groups is 1. The number of primary amides is 1. The quantitative estimate of drug-likeness (QED) is 0.124. The minimum atomic E-state index is -1.70. The van der Waals surface area contributed by atoms with Crippen LogP contribution in [0.3, 0.4) is 0 Å². The van der Waals surface area contributed by atoms with Crippen molar-refractivity contribution in [3.63, 3.8) is 0 Å². The van der Waals surface area contributed by atoms with Crippen LogP contribution in [0.5, 0.6) is 0 Å². The average molecular weight is 471 g/mol. The number of hydrogen-bond acceptors (Lipinski definition) is 9. The molecule has 4 amide bonds. The van der Waals surface area contributed by atoms with E-state index in [0.717, 1.165) is 0 Å². The van der Waals surface area contributed by atoms with Gasteiger partial charge in [-0.15, -0.1) is 0 Å². The number of nitrogens with zero attached hydrogens (tertiary/aromatic N) is 1. The van der Waals surface area contributed by atoms with Gasteiger partial charge in [0.25, 0.3) is 0 Å². The Bertz CT molecular complexity index is 874. The van der Waals surface area contributed by atoms with Crippen LogP contribution in [0.25, 0.3) is 0 Å². The second kappa shape index (κ2) is 12.7. The van der Waals surface area contributed by atoms with Crippen molar-refractivity contribution in [1.29, 1.82) is 0 Å². The highest BCUT2D eigenvalue weighted by atomic mass is 16.4. The van der Waals surface area contributed by atoms with Crippen molar-refractivity contribution in [1.82, 2.24) is 25.9 Å². The lowest BCUT2D eigenvalue weighted by atomic mass is 10.1. The maximum Gasteiger partial charge on any atom is 0.328 e. The van der Waals surface area contributed by atoms with E-state index in [4.69, 9.17) is 26.8 Å². The smallest absolute Gasteiger partial charge is 0.328 e. The van der Waals surface area contributed by atoms with E-state index in [0.29, 0.717) is 5.69 Å². The molecule has 1 rings (SSSR count). The van der Waals surface area contributed by atoms with Gasteiger partial charge in [-0.1, -0.05) is 0 Å². The zero-order valence-electron chi connectivity index (χ0n) is 17.2. The van der Waals surface area contributed by atoms with Gasteiger partial charge in [0.2, 0.25) is 23.6 Å². The van der Waals surface area contributed by atoms with Crippen molar-refractivity contribution >= 4 is 35.6 Å². The summed E-state index contributed by atoms with van der Waals surface area (Å²) >= 11 is 0. The van der Waals surface area contributed by atoms with Crippen molar-refractivity contribution in [3.8, 4) is 0 Å². The molecule has 0 spiro atoms. The number of carbonyl (C=O) groups excluding carboxylic acids is 4. The number of aromatic nitrogens is 2. The fraction of sp³-hybridized carbons (Fsp3) is 0.471. The molecule has 4 atom stereocenters. The van der Waals surface area contributed by atoms with Crippen LogP contribution in [0.15, 0.2) is 12.5 Å². The van der Waals surface area contributed by atoms with E-state index >= 15 is 0 Å². The Labute approximate surface area is 186 Å². The Morgan fingerprint density at radius 3 is 2.00 bits per heavy atom. The molecule has 0 saturated carbocycles. The molecule has 0 fully saturated rings. The maximum absolute atomic E-state index is 12.7. The predicted octanol–water partition coefficient (Wildman–Crippen LogP) is -4.84. The maximum atomic E-state index is 12.7. The number of aromatic amines is 1. The standard InChI is InChI=1S/C17H25N7O9/c18-8(2-12(19)26)14(29)22-10(3-13(27)28)16(31)23-9(1-7-4-20-6-21-7)15(30)24-11(5-25)17(32)33/h4,6,8-11,25H,1-3,5,18H2,(H2,19,26)(H,20,21)(H,22,29)(H,23,31)(H,24,30)(H,27,28)(H,32,33). The van der Waals surface area contributed by atoms with Crippen molar-refractivity contribution in [2.75, 3.05) is 6.61 Å². The van der Waals surface area contributed by atoms with Gasteiger partial charge in [-0.05, 0) is 0 Å². The number of aliphatic carboxylic acids is 2. The zero-order chi connectivity index (χ0) is 25.1. The van der Waals surface area contributed by atoms with Crippen LogP contribution in [0, 0.1) is 0 Å². The molecule has 33 heavy (non-hydrogen) atoms. The summed E-state index contributed by atoms with van der Waals surface area (Å²) in [5, 5.41) is 33.5. The Balaban J connectivity index is 3.04. The molecule has 182 valence electrons. The summed E-state index contributed by atoms with van der Waals surface area (Å²) in [5.74, 6) is -7.05. The lowest BCUT2D eigenvalue weighted by molar-refractivity contribution is -0.144. The van der Waals surface area contributed by atoms with E-state index in [1.165, 1.54) is 12.5 Å². The number of carboxylic acids is 2. The first-order valence-corrected chi connectivity index (χ1v) is 9.42. The van der Waals surface area contributed by atoms with Gasteiger partial charge in [0.05, 0.1) is 31.8 Å². The minimum Gasteiger partial charge on any atom is -0.481 e. The van der Waals surface area contributed by atoms with E-state index in [1.807, 2.05) is 5.32 Å². The summed E-state index contributed by atoms with van der Waals surface area (Å²) in [6.07, 6.45) is 0.938. The Morgan fingerprint density at radius 1 is 0.939 bits per heavy atom. The lowest BCUT2D eigenvalue weighted by Crippen LogP contribution is -2.58. The van der Waals surface area contributed by atoms with E-state index in [1.54, 1.807) is 0 Å². The molecule has 0 aliphatic heterocycles. The summed E-state index contributed by atoms with van der Waals surface area (Å²) < 4.78 is 0. The van der Waals surface area contributed by atoms with Gasteiger partial charge in [-0.2, -0.15) is 0 Å². The molecule has 1 aromatic rings. The van der Waals surface area contributed by atoms with E-state index in [9.17, 15) is 28.8 Å². The molecular formula is C17H25N7O9. The van der Waals surface area contributed by atoms with Gasteiger partial charge >= 0.3 is 11.9 Å². The highest BCUT2D eigenvalue weighted by molar-refractivity contribution is 5.96. The van der Waals surface area contributed by atoms with E-state index in [-0.39, 0.29) is 6.42 Å². The van der Waals surface area contributed by atoms with Crippen LogP contribution in [0.4, 0.5) is 0 Å².